The summed E-state index contributed by atoms with van der Waals surface area (Å²) in [5.41, 5.74) is 0.00790. The first-order chi connectivity index (χ1) is 10.9. The molecule has 0 heterocycles. The molecule has 2 rings (SSSR count). The number of carbonyl (C=O) groups is 2. The van der Waals surface area contributed by atoms with Crippen LogP contribution >= 0.6 is 11.8 Å². The van der Waals surface area contributed by atoms with E-state index >= 15 is 0 Å². The van der Waals surface area contributed by atoms with Gasteiger partial charge >= 0.3 is 0 Å². The van der Waals surface area contributed by atoms with Gasteiger partial charge < -0.3 is 5.32 Å². The Morgan fingerprint density at radius 3 is 2.30 bits per heavy atom. The first-order valence-corrected chi connectivity index (χ1v) is 9.63. The molecular formula is C19H27NO2S. The molecule has 1 aromatic carbocycles. The van der Waals surface area contributed by atoms with E-state index in [0.717, 1.165) is 17.7 Å². The zero-order valence-corrected chi connectivity index (χ0v) is 15.2. The van der Waals surface area contributed by atoms with Crippen molar-refractivity contribution in [1.82, 2.24) is 5.32 Å². The predicted molar refractivity (Wildman–Crippen MR) is 96.0 cm³/mol. The van der Waals surface area contributed by atoms with Crippen LogP contribution < -0.4 is 5.32 Å². The summed E-state index contributed by atoms with van der Waals surface area (Å²) in [6.45, 7) is 3.72. The molecule has 1 aromatic rings. The van der Waals surface area contributed by atoms with E-state index in [1.165, 1.54) is 19.3 Å². The topological polar surface area (TPSA) is 46.2 Å². The van der Waals surface area contributed by atoms with E-state index in [-0.39, 0.29) is 24.2 Å². The summed E-state index contributed by atoms with van der Waals surface area (Å²) in [5, 5.41) is 3.14. The van der Waals surface area contributed by atoms with Gasteiger partial charge in [-0.25, -0.2) is 0 Å². The van der Waals surface area contributed by atoms with Crippen molar-refractivity contribution >= 4 is 23.5 Å². The predicted octanol–water partition coefficient (Wildman–Crippen LogP) is 4.46. The Morgan fingerprint density at radius 1 is 1.13 bits per heavy atom. The molecule has 1 amide bonds. The van der Waals surface area contributed by atoms with Crippen LogP contribution in [0, 0.1) is 5.41 Å². The van der Waals surface area contributed by atoms with Gasteiger partial charge in [0.25, 0.3) is 0 Å². The highest BCUT2D eigenvalue weighted by Gasteiger charge is 2.32. The molecule has 0 saturated heterocycles. The van der Waals surface area contributed by atoms with Gasteiger partial charge in [-0.3, -0.25) is 9.59 Å². The van der Waals surface area contributed by atoms with Crippen LogP contribution in [-0.4, -0.2) is 24.0 Å². The molecule has 1 fully saturated rings. The standard InChI is InChI=1S/C19H27NO2S/c1-19(2,18(22)20-15-7-5-4-6-8-15)13-17(21)14-9-11-16(23-3)12-10-14/h9-12,15H,4-8,13H2,1-3H3,(H,20,22). The second-order valence-electron chi connectivity index (χ2n) is 7.02. The van der Waals surface area contributed by atoms with Crippen molar-refractivity contribution in [3.8, 4) is 0 Å². The van der Waals surface area contributed by atoms with Crippen molar-refractivity contribution in [2.45, 2.75) is 63.3 Å². The zero-order chi connectivity index (χ0) is 16.9. The Bertz CT molecular complexity index is 545. The summed E-state index contributed by atoms with van der Waals surface area (Å²) in [5.74, 6) is 0.0277. The van der Waals surface area contributed by atoms with Crippen LogP contribution in [0.25, 0.3) is 0 Å². The van der Waals surface area contributed by atoms with Gasteiger partial charge in [-0.2, -0.15) is 0 Å². The van der Waals surface area contributed by atoms with Crippen LogP contribution in [0.2, 0.25) is 0 Å². The molecule has 126 valence electrons. The Balaban J connectivity index is 1.94. The van der Waals surface area contributed by atoms with Crippen LogP contribution in [0.15, 0.2) is 29.2 Å². The molecule has 0 radical (unpaired) electrons. The summed E-state index contributed by atoms with van der Waals surface area (Å²) in [6.07, 6.45) is 8.01. The number of carbonyl (C=O) groups excluding carboxylic acids is 2. The second kappa shape index (κ2) is 8.00. The normalized spacial score (nSPS) is 16.1. The fraction of sp³-hybridized carbons (Fsp3) is 0.579. The van der Waals surface area contributed by atoms with E-state index in [9.17, 15) is 9.59 Å². The average molecular weight is 333 g/mol. The Morgan fingerprint density at radius 2 is 1.74 bits per heavy atom. The monoisotopic (exact) mass is 333 g/mol. The number of amides is 1. The van der Waals surface area contributed by atoms with Gasteiger partial charge in [-0.05, 0) is 31.2 Å². The summed E-state index contributed by atoms with van der Waals surface area (Å²) < 4.78 is 0. The lowest BCUT2D eigenvalue weighted by Gasteiger charge is -2.29. The second-order valence-corrected chi connectivity index (χ2v) is 7.90. The molecule has 0 atom stereocenters. The van der Waals surface area contributed by atoms with Crippen LogP contribution in [0.1, 0.15) is 62.7 Å². The van der Waals surface area contributed by atoms with Crippen LogP contribution in [0.5, 0.6) is 0 Å². The van der Waals surface area contributed by atoms with Crippen molar-refractivity contribution in [1.29, 1.82) is 0 Å². The first kappa shape index (κ1) is 18.1. The van der Waals surface area contributed by atoms with E-state index in [0.29, 0.717) is 5.56 Å². The third kappa shape index (κ3) is 5.10. The van der Waals surface area contributed by atoms with Gasteiger partial charge in [0.05, 0.1) is 5.41 Å². The van der Waals surface area contributed by atoms with Gasteiger partial charge in [0.15, 0.2) is 5.78 Å². The summed E-state index contributed by atoms with van der Waals surface area (Å²) in [6, 6.07) is 7.89. The number of rotatable bonds is 6. The number of hydrogen-bond acceptors (Lipinski definition) is 3. The minimum absolute atomic E-state index is 0.00140. The molecule has 0 bridgehead atoms. The highest BCUT2D eigenvalue weighted by atomic mass is 32.2. The van der Waals surface area contributed by atoms with Crippen molar-refractivity contribution in [2.24, 2.45) is 5.41 Å². The summed E-state index contributed by atoms with van der Waals surface area (Å²) in [4.78, 5) is 26.1. The maximum Gasteiger partial charge on any atom is 0.226 e. The minimum Gasteiger partial charge on any atom is -0.353 e. The molecule has 0 aromatic heterocycles. The highest BCUT2D eigenvalue weighted by molar-refractivity contribution is 7.98. The minimum atomic E-state index is -0.674. The van der Waals surface area contributed by atoms with Gasteiger partial charge in [-0.15, -0.1) is 11.8 Å². The first-order valence-electron chi connectivity index (χ1n) is 8.40. The molecule has 23 heavy (non-hydrogen) atoms. The smallest absolute Gasteiger partial charge is 0.226 e. The molecule has 0 unspecified atom stereocenters. The lowest BCUT2D eigenvalue weighted by Crippen LogP contribution is -2.44. The molecule has 3 nitrogen and oxygen atoms in total. The molecule has 0 aliphatic heterocycles. The van der Waals surface area contributed by atoms with Crippen LogP contribution in [-0.2, 0) is 4.79 Å². The average Bonchev–Trinajstić information content (AvgIpc) is 2.55. The molecule has 1 N–H and O–H groups in total. The third-order valence-electron chi connectivity index (χ3n) is 4.57. The summed E-state index contributed by atoms with van der Waals surface area (Å²) >= 11 is 1.65. The van der Waals surface area contributed by atoms with E-state index < -0.39 is 5.41 Å². The van der Waals surface area contributed by atoms with E-state index in [1.807, 2.05) is 44.4 Å². The SMILES string of the molecule is CSc1ccc(C(=O)CC(C)(C)C(=O)NC2CCCCC2)cc1. The number of hydrogen-bond donors (Lipinski definition) is 1. The van der Waals surface area contributed by atoms with Crippen molar-refractivity contribution < 1.29 is 9.59 Å². The lowest BCUT2D eigenvalue weighted by molar-refractivity contribution is -0.130. The molecule has 1 saturated carbocycles. The Hall–Kier alpha value is -1.29. The zero-order valence-electron chi connectivity index (χ0n) is 14.4. The number of Topliss-reactive ketones (excluding diaryl/α,β-unsaturated/α-hetero) is 1. The quantitative estimate of drug-likeness (QED) is 0.618. The number of benzene rings is 1. The molecule has 4 heteroatoms. The van der Waals surface area contributed by atoms with Crippen LogP contribution in [0.4, 0.5) is 0 Å². The van der Waals surface area contributed by atoms with Crippen molar-refractivity contribution in [2.75, 3.05) is 6.26 Å². The van der Waals surface area contributed by atoms with Gasteiger partial charge in [0.1, 0.15) is 0 Å². The van der Waals surface area contributed by atoms with E-state index in [2.05, 4.69) is 5.32 Å². The summed E-state index contributed by atoms with van der Waals surface area (Å²) in [7, 11) is 0. The lowest BCUT2D eigenvalue weighted by atomic mass is 9.83. The van der Waals surface area contributed by atoms with Gasteiger partial charge in [0.2, 0.25) is 5.91 Å². The third-order valence-corrected chi connectivity index (χ3v) is 5.31. The Kier molecular flexibility index (Phi) is 6.28. The molecule has 1 aliphatic carbocycles. The Labute approximate surface area is 143 Å². The van der Waals surface area contributed by atoms with Gasteiger partial charge in [0, 0.05) is 22.9 Å². The fourth-order valence-electron chi connectivity index (χ4n) is 2.99. The number of thioether (sulfide) groups is 1. The fourth-order valence-corrected chi connectivity index (χ4v) is 3.40. The largest absolute Gasteiger partial charge is 0.353 e. The number of nitrogens with one attached hydrogen (secondary N) is 1. The molecule has 1 aliphatic rings. The van der Waals surface area contributed by atoms with Crippen LogP contribution in [0.3, 0.4) is 0 Å². The van der Waals surface area contributed by atoms with E-state index in [1.54, 1.807) is 11.8 Å². The van der Waals surface area contributed by atoms with Crippen molar-refractivity contribution in [3.05, 3.63) is 29.8 Å². The van der Waals surface area contributed by atoms with E-state index in [4.69, 9.17) is 0 Å². The highest BCUT2D eigenvalue weighted by Crippen LogP contribution is 2.26. The molecule has 0 spiro atoms. The number of ketones is 1. The maximum atomic E-state index is 12.5. The van der Waals surface area contributed by atoms with Crippen molar-refractivity contribution in [3.63, 3.8) is 0 Å². The van der Waals surface area contributed by atoms with Gasteiger partial charge in [-0.1, -0.05) is 45.2 Å². The maximum absolute atomic E-state index is 12.5. The molecular weight excluding hydrogens is 306 g/mol.